The van der Waals surface area contributed by atoms with Crippen molar-refractivity contribution >= 4 is 0 Å². The van der Waals surface area contributed by atoms with Crippen molar-refractivity contribution in [3.63, 3.8) is 0 Å². The summed E-state index contributed by atoms with van der Waals surface area (Å²) in [5.41, 5.74) is 3.56. The van der Waals surface area contributed by atoms with Crippen LogP contribution >= 0.6 is 0 Å². The Hall–Kier alpha value is -2.43. The van der Waals surface area contributed by atoms with Crippen molar-refractivity contribution in [3.8, 4) is 11.8 Å². The molecule has 0 radical (unpaired) electrons. The Bertz CT molecular complexity index is 887. The lowest BCUT2D eigenvalue weighted by Gasteiger charge is -2.37. The fourth-order valence-electron chi connectivity index (χ4n) is 3.70. The number of ether oxygens (including phenoxy) is 1. The summed E-state index contributed by atoms with van der Waals surface area (Å²) in [5.74, 6) is 0.241. The van der Waals surface area contributed by atoms with Crippen LogP contribution in [0.3, 0.4) is 0 Å². The zero-order chi connectivity index (χ0) is 21.1. The predicted octanol–water partition coefficient (Wildman–Crippen LogP) is 2.52. The Morgan fingerprint density at radius 2 is 1.86 bits per heavy atom. The molecule has 0 aromatic heterocycles. The molecule has 0 bridgehead atoms. The largest absolute Gasteiger partial charge is 0.508 e. The first kappa shape index (κ1) is 21.3. The minimum Gasteiger partial charge on any atom is -0.508 e. The second kappa shape index (κ2) is 8.93. The Labute approximate surface area is 170 Å². The van der Waals surface area contributed by atoms with E-state index in [0.29, 0.717) is 29.0 Å². The third kappa shape index (κ3) is 4.60. The number of aromatic hydroxyl groups is 1. The molecule has 0 unspecified atom stereocenters. The van der Waals surface area contributed by atoms with Gasteiger partial charge in [0.1, 0.15) is 18.0 Å². The Morgan fingerprint density at radius 1 is 1.17 bits per heavy atom. The summed E-state index contributed by atoms with van der Waals surface area (Å²) < 4.78 is 5.70. The van der Waals surface area contributed by atoms with E-state index < -0.39 is 24.4 Å². The highest BCUT2D eigenvalue weighted by molar-refractivity contribution is 5.50. The number of nitriles is 1. The molecule has 0 spiro atoms. The van der Waals surface area contributed by atoms with Gasteiger partial charge in [-0.05, 0) is 41.2 Å². The molecule has 1 saturated heterocycles. The summed E-state index contributed by atoms with van der Waals surface area (Å²) in [6.45, 7) is 3.95. The molecule has 6 nitrogen and oxygen atoms in total. The molecule has 1 fully saturated rings. The smallest absolute Gasteiger partial charge is 0.122 e. The van der Waals surface area contributed by atoms with E-state index in [2.05, 4.69) is 32.0 Å². The van der Waals surface area contributed by atoms with E-state index in [1.54, 1.807) is 6.07 Å². The molecule has 0 aliphatic carbocycles. The van der Waals surface area contributed by atoms with E-state index in [0.717, 1.165) is 5.56 Å². The molecule has 6 heteroatoms. The van der Waals surface area contributed by atoms with Crippen LogP contribution in [0.5, 0.6) is 5.75 Å². The molecule has 4 N–H and O–H groups in total. The van der Waals surface area contributed by atoms with E-state index in [1.807, 2.05) is 12.1 Å². The molecular formula is C23H27NO5. The monoisotopic (exact) mass is 397 g/mol. The van der Waals surface area contributed by atoms with Gasteiger partial charge in [-0.15, -0.1) is 0 Å². The Morgan fingerprint density at radius 3 is 2.45 bits per heavy atom. The van der Waals surface area contributed by atoms with Crippen LogP contribution in [0.2, 0.25) is 0 Å². The third-order valence-corrected chi connectivity index (χ3v) is 5.47. The first-order valence-electron chi connectivity index (χ1n) is 9.81. The van der Waals surface area contributed by atoms with Gasteiger partial charge in [0.2, 0.25) is 0 Å². The van der Waals surface area contributed by atoms with Crippen LogP contribution in [0.1, 0.15) is 60.1 Å². The first-order valence-corrected chi connectivity index (χ1v) is 9.81. The summed E-state index contributed by atoms with van der Waals surface area (Å²) in [5, 5.41) is 49.8. The molecule has 0 amide bonds. The lowest BCUT2D eigenvalue weighted by molar-refractivity contribution is -0.180. The van der Waals surface area contributed by atoms with Crippen molar-refractivity contribution in [2.45, 2.75) is 57.0 Å². The van der Waals surface area contributed by atoms with Crippen LogP contribution in [0.4, 0.5) is 0 Å². The van der Waals surface area contributed by atoms with Crippen LogP contribution in [-0.2, 0) is 11.2 Å². The van der Waals surface area contributed by atoms with Crippen molar-refractivity contribution in [2.75, 3.05) is 6.61 Å². The Kier molecular flexibility index (Phi) is 6.56. The molecule has 154 valence electrons. The average molecular weight is 397 g/mol. The third-order valence-electron chi connectivity index (χ3n) is 5.47. The second-order valence-electron chi connectivity index (χ2n) is 7.91. The van der Waals surface area contributed by atoms with Crippen molar-refractivity contribution in [3.05, 3.63) is 64.2 Å². The Balaban J connectivity index is 1.95. The molecule has 1 heterocycles. The maximum Gasteiger partial charge on any atom is 0.122 e. The van der Waals surface area contributed by atoms with Crippen LogP contribution < -0.4 is 0 Å². The number of phenolic OH excluding ortho intramolecular Hbond substituents is 1. The minimum absolute atomic E-state index is 0.111. The van der Waals surface area contributed by atoms with Crippen molar-refractivity contribution in [1.82, 2.24) is 0 Å². The number of phenols is 1. The molecule has 1 aliphatic heterocycles. The highest BCUT2D eigenvalue weighted by Crippen LogP contribution is 2.38. The van der Waals surface area contributed by atoms with Crippen LogP contribution in [0.25, 0.3) is 0 Å². The molecule has 29 heavy (non-hydrogen) atoms. The van der Waals surface area contributed by atoms with Gasteiger partial charge in [-0.1, -0.05) is 38.1 Å². The van der Waals surface area contributed by atoms with Crippen molar-refractivity contribution < 1.29 is 25.2 Å². The van der Waals surface area contributed by atoms with Gasteiger partial charge in [0.25, 0.3) is 0 Å². The van der Waals surface area contributed by atoms with E-state index in [4.69, 9.17) is 4.74 Å². The standard InChI is InChI=1S/C23H27NO5/c1-13(2)15-5-3-14(4-6-15)7-16-8-19(20(26)9-17(16)11-24)23-22(28)21(27)10-18(12-25)29-23/h3-6,8-9,13,18,21-23,25-28H,7,10,12H2,1-2H3/t18-,21-,22+,23-/m0/s1. The van der Waals surface area contributed by atoms with Gasteiger partial charge < -0.3 is 25.2 Å². The normalized spacial score (nSPS) is 24.4. The van der Waals surface area contributed by atoms with Gasteiger partial charge in [-0.25, -0.2) is 0 Å². The fraction of sp³-hybridized carbons (Fsp3) is 0.435. The summed E-state index contributed by atoms with van der Waals surface area (Å²) in [6.07, 6.45) is -3.36. The molecule has 2 aromatic carbocycles. The highest BCUT2D eigenvalue weighted by Gasteiger charge is 2.38. The number of aliphatic hydroxyl groups excluding tert-OH is 3. The quantitative estimate of drug-likeness (QED) is 0.616. The van der Waals surface area contributed by atoms with Gasteiger partial charge in [-0.3, -0.25) is 0 Å². The van der Waals surface area contributed by atoms with Gasteiger partial charge in [-0.2, -0.15) is 5.26 Å². The fourth-order valence-corrected chi connectivity index (χ4v) is 3.70. The van der Waals surface area contributed by atoms with E-state index >= 15 is 0 Å². The lowest BCUT2D eigenvalue weighted by atomic mass is 9.89. The SMILES string of the molecule is CC(C)c1ccc(Cc2cc([C@@H]3O[C@H](CO)C[C@H](O)[C@H]3O)c(O)cc2C#N)cc1. The number of nitrogens with zero attached hydrogens (tertiary/aromatic N) is 1. The van der Waals surface area contributed by atoms with Gasteiger partial charge in [0.15, 0.2) is 0 Å². The van der Waals surface area contributed by atoms with Gasteiger partial charge >= 0.3 is 0 Å². The number of aliphatic hydroxyl groups is 3. The zero-order valence-corrected chi connectivity index (χ0v) is 16.6. The minimum atomic E-state index is -1.24. The number of hydrogen-bond acceptors (Lipinski definition) is 6. The number of rotatable bonds is 5. The molecular weight excluding hydrogens is 370 g/mol. The molecule has 1 aliphatic rings. The van der Waals surface area contributed by atoms with Gasteiger partial charge in [0, 0.05) is 12.0 Å². The number of hydrogen-bond donors (Lipinski definition) is 4. The van der Waals surface area contributed by atoms with E-state index in [9.17, 15) is 25.7 Å². The average Bonchev–Trinajstić information content (AvgIpc) is 2.71. The summed E-state index contributed by atoms with van der Waals surface area (Å²) in [6, 6.07) is 13.3. The summed E-state index contributed by atoms with van der Waals surface area (Å²) in [7, 11) is 0. The predicted molar refractivity (Wildman–Crippen MR) is 107 cm³/mol. The summed E-state index contributed by atoms with van der Waals surface area (Å²) >= 11 is 0. The first-order chi connectivity index (χ1) is 13.8. The van der Waals surface area contributed by atoms with Gasteiger partial charge in [0.05, 0.1) is 30.4 Å². The maximum absolute atomic E-state index is 10.4. The highest BCUT2D eigenvalue weighted by atomic mass is 16.5. The van der Waals surface area contributed by atoms with Crippen LogP contribution in [0.15, 0.2) is 36.4 Å². The molecule has 3 rings (SSSR count). The summed E-state index contributed by atoms with van der Waals surface area (Å²) in [4.78, 5) is 0. The van der Waals surface area contributed by atoms with E-state index in [1.165, 1.54) is 11.6 Å². The van der Waals surface area contributed by atoms with E-state index in [-0.39, 0.29) is 18.8 Å². The van der Waals surface area contributed by atoms with Crippen molar-refractivity contribution in [1.29, 1.82) is 5.26 Å². The van der Waals surface area contributed by atoms with Crippen LogP contribution in [0, 0.1) is 11.3 Å². The zero-order valence-electron chi connectivity index (χ0n) is 16.6. The number of benzene rings is 2. The molecule has 0 saturated carbocycles. The van der Waals surface area contributed by atoms with Crippen LogP contribution in [-0.4, -0.2) is 45.3 Å². The second-order valence-corrected chi connectivity index (χ2v) is 7.91. The molecule has 2 aromatic rings. The topological polar surface area (TPSA) is 114 Å². The van der Waals surface area contributed by atoms with Crippen molar-refractivity contribution in [2.24, 2.45) is 0 Å². The lowest BCUT2D eigenvalue weighted by Crippen LogP contribution is -2.44. The molecule has 4 atom stereocenters. The maximum atomic E-state index is 10.4.